The molecule has 1 aliphatic heterocycles. The van der Waals surface area contributed by atoms with Gasteiger partial charge in [-0.05, 0) is 38.0 Å². The average Bonchev–Trinajstić information content (AvgIpc) is 3.07. The van der Waals surface area contributed by atoms with Gasteiger partial charge in [0.1, 0.15) is 6.04 Å². The fraction of sp³-hybridized carbons (Fsp3) is 0.333. The molecule has 2 aromatic rings. The Kier molecular flexibility index (Phi) is 4.43. The fourth-order valence-electron chi connectivity index (χ4n) is 3.01. The lowest BCUT2D eigenvalue weighted by Crippen LogP contribution is -2.42. The molecule has 2 amide bonds. The number of aryl methyl sites for hydroxylation is 1. The number of amides is 2. The van der Waals surface area contributed by atoms with Gasteiger partial charge in [-0.2, -0.15) is 5.26 Å². The van der Waals surface area contributed by atoms with Crippen LogP contribution in [0.3, 0.4) is 0 Å². The van der Waals surface area contributed by atoms with Gasteiger partial charge in [-0.3, -0.25) is 14.6 Å². The number of rotatable bonds is 3. The number of aromatic nitrogens is 1. The summed E-state index contributed by atoms with van der Waals surface area (Å²) in [6, 6.07) is 9.12. The standard InChI is InChI=1S/C18H18N4O2/c1-12-4-5-16-15(9-12)14(6-7-20-16)18(24)21-11-17(23)22-8-2-3-13(22)10-19/h4-7,9,13H,2-3,8,11H2,1H3,(H,21,24)/t13-/m0/s1. The molecule has 24 heavy (non-hydrogen) atoms. The van der Waals surface area contributed by atoms with Crippen molar-refractivity contribution in [3.05, 3.63) is 41.6 Å². The van der Waals surface area contributed by atoms with E-state index in [0.717, 1.165) is 22.9 Å². The minimum atomic E-state index is -0.376. The van der Waals surface area contributed by atoms with Crippen LogP contribution >= 0.6 is 0 Å². The van der Waals surface area contributed by atoms with Gasteiger partial charge < -0.3 is 10.2 Å². The number of hydrogen-bond donors (Lipinski definition) is 1. The second kappa shape index (κ2) is 6.67. The Bertz CT molecular complexity index is 841. The molecule has 0 aliphatic carbocycles. The highest BCUT2D eigenvalue weighted by Gasteiger charge is 2.28. The first-order valence-electron chi connectivity index (χ1n) is 7.93. The van der Waals surface area contributed by atoms with Crippen LogP contribution in [0.4, 0.5) is 0 Å². The lowest BCUT2D eigenvalue weighted by Gasteiger charge is -2.19. The summed E-state index contributed by atoms with van der Waals surface area (Å²) in [5.74, 6) is -0.531. The fourth-order valence-corrected chi connectivity index (χ4v) is 3.01. The largest absolute Gasteiger partial charge is 0.343 e. The van der Waals surface area contributed by atoms with Crippen molar-refractivity contribution < 1.29 is 9.59 Å². The van der Waals surface area contributed by atoms with E-state index >= 15 is 0 Å². The molecule has 1 aromatic heterocycles. The quantitative estimate of drug-likeness (QED) is 0.933. The van der Waals surface area contributed by atoms with Crippen molar-refractivity contribution in [2.75, 3.05) is 13.1 Å². The highest BCUT2D eigenvalue weighted by atomic mass is 16.2. The molecule has 0 saturated carbocycles. The van der Waals surface area contributed by atoms with Crippen molar-refractivity contribution in [1.29, 1.82) is 5.26 Å². The second-order valence-corrected chi connectivity index (χ2v) is 5.94. The summed E-state index contributed by atoms with van der Waals surface area (Å²) in [4.78, 5) is 30.5. The van der Waals surface area contributed by atoms with Crippen molar-refractivity contribution in [1.82, 2.24) is 15.2 Å². The minimum Gasteiger partial charge on any atom is -0.343 e. The molecule has 0 unspecified atom stereocenters. The number of nitrogens with one attached hydrogen (secondary N) is 1. The van der Waals surface area contributed by atoms with Gasteiger partial charge in [0.15, 0.2) is 0 Å². The van der Waals surface area contributed by atoms with Crippen LogP contribution in [0.5, 0.6) is 0 Å². The zero-order chi connectivity index (χ0) is 17.1. The summed E-state index contributed by atoms with van der Waals surface area (Å²) in [5, 5.41) is 12.5. The summed E-state index contributed by atoms with van der Waals surface area (Å²) in [5.41, 5.74) is 2.27. The molecule has 0 spiro atoms. The van der Waals surface area contributed by atoms with Gasteiger partial charge in [-0.1, -0.05) is 11.6 Å². The van der Waals surface area contributed by atoms with Gasteiger partial charge in [0.05, 0.1) is 23.7 Å². The highest BCUT2D eigenvalue weighted by Crippen LogP contribution is 2.19. The lowest BCUT2D eigenvalue weighted by molar-refractivity contribution is -0.130. The van der Waals surface area contributed by atoms with Crippen LogP contribution in [0, 0.1) is 18.3 Å². The van der Waals surface area contributed by atoms with E-state index in [1.165, 1.54) is 4.90 Å². The maximum absolute atomic E-state index is 12.5. The summed E-state index contributed by atoms with van der Waals surface area (Å²) in [6.07, 6.45) is 3.11. The molecular formula is C18H18N4O2. The van der Waals surface area contributed by atoms with Crippen molar-refractivity contribution in [3.63, 3.8) is 0 Å². The second-order valence-electron chi connectivity index (χ2n) is 5.94. The van der Waals surface area contributed by atoms with E-state index in [1.54, 1.807) is 12.3 Å². The zero-order valence-corrected chi connectivity index (χ0v) is 13.5. The normalized spacial score (nSPS) is 16.8. The summed E-state index contributed by atoms with van der Waals surface area (Å²) in [6.45, 7) is 2.42. The number of hydrogen-bond acceptors (Lipinski definition) is 4. The van der Waals surface area contributed by atoms with Crippen LogP contribution in [0.25, 0.3) is 10.9 Å². The molecule has 1 saturated heterocycles. The first kappa shape index (κ1) is 15.9. The number of nitriles is 1. The molecule has 0 radical (unpaired) electrons. The Morgan fingerprint density at radius 1 is 1.42 bits per heavy atom. The number of carbonyl (C=O) groups is 2. The van der Waals surface area contributed by atoms with E-state index in [9.17, 15) is 9.59 Å². The van der Waals surface area contributed by atoms with Crippen molar-refractivity contribution >= 4 is 22.7 Å². The lowest BCUT2D eigenvalue weighted by atomic mass is 10.1. The van der Waals surface area contributed by atoms with E-state index in [4.69, 9.17) is 5.26 Å². The monoisotopic (exact) mass is 322 g/mol. The number of nitrogens with zero attached hydrogens (tertiary/aromatic N) is 3. The maximum atomic E-state index is 12.5. The molecule has 2 heterocycles. The topological polar surface area (TPSA) is 86.1 Å². The van der Waals surface area contributed by atoms with E-state index in [1.807, 2.05) is 25.1 Å². The smallest absolute Gasteiger partial charge is 0.252 e. The Morgan fingerprint density at radius 3 is 3.04 bits per heavy atom. The summed E-state index contributed by atoms with van der Waals surface area (Å²) < 4.78 is 0. The van der Waals surface area contributed by atoms with Gasteiger partial charge in [0, 0.05) is 18.1 Å². The van der Waals surface area contributed by atoms with Crippen molar-refractivity contribution in [2.45, 2.75) is 25.8 Å². The molecule has 1 aromatic carbocycles. The van der Waals surface area contributed by atoms with Crippen LogP contribution in [0.15, 0.2) is 30.5 Å². The molecule has 3 rings (SSSR count). The number of carbonyl (C=O) groups excluding carboxylic acids is 2. The van der Waals surface area contributed by atoms with E-state index in [0.29, 0.717) is 18.5 Å². The summed E-state index contributed by atoms with van der Waals surface area (Å²) >= 11 is 0. The molecule has 1 fully saturated rings. The molecule has 122 valence electrons. The SMILES string of the molecule is Cc1ccc2nccc(C(=O)NCC(=O)N3CCC[C@H]3C#N)c2c1. The van der Waals surface area contributed by atoms with Crippen LogP contribution in [0.2, 0.25) is 0 Å². The minimum absolute atomic E-state index is 0.105. The Morgan fingerprint density at radius 2 is 2.25 bits per heavy atom. The number of benzene rings is 1. The third-order valence-corrected chi connectivity index (χ3v) is 4.26. The van der Waals surface area contributed by atoms with Gasteiger partial charge >= 0.3 is 0 Å². The highest BCUT2D eigenvalue weighted by molar-refractivity contribution is 6.07. The first-order chi connectivity index (χ1) is 11.6. The van der Waals surface area contributed by atoms with Gasteiger partial charge in [-0.15, -0.1) is 0 Å². The molecule has 1 atom stereocenters. The van der Waals surface area contributed by atoms with Crippen molar-refractivity contribution in [2.24, 2.45) is 0 Å². The van der Waals surface area contributed by atoms with Crippen LogP contribution in [0.1, 0.15) is 28.8 Å². The molecule has 6 nitrogen and oxygen atoms in total. The Hall–Kier alpha value is -2.94. The number of pyridine rings is 1. The number of likely N-dealkylation sites (tertiary alicyclic amines) is 1. The third kappa shape index (κ3) is 3.06. The van der Waals surface area contributed by atoms with E-state index < -0.39 is 0 Å². The molecular weight excluding hydrogens is 304 g/mol. The van der Waals surface area contributed by atoms with Crippen LogP contribution in [-0.2, 0) is 4.79 Å². The van der Waals surface area contributed by atoms with Gasteiger partial charge in [0.25, 0.3) is 5.91 Å². The van der Waals surface area contributed by atoms with E-state index in [-0.39, 0.29) is 24.4 Å². The van der Waals surface area contributed by atoms with Gasteiger partial charge in [-0.25, -0.2) is 0 Å². The first-order valence-corrected chi connectivity index (χ1v) is 7.93. The predicted octanol–water partition coefficient (Wildman–Crippen LogP) is 1.79. The van der Waals surface area contributed by atoms with Crippen LogP contribution < -0.4 is 5.32 Å². The molecule has 1 N–H and O–H groups in total. The van der Waals surface area contributed by atoms with Gasteiger partial charge in [0.2, 0.25) is 5.91 Å². The average molecular weight is 322 g/mol. The maximum Gasteiger partial charge on any atom is 0.252 e. The Balaban J connectivity index is 1.73. The number of fused-ring (bicyclic) bond motifs is 1. The van der Waals surface area contributed by atoms with E-state index in [2.05, 4.69) is 16.4 Å². The van der Waals surface area contributed by atoms with Crippen molar-refractivity contribution in [3.8, 4) is 6.07 Å². The predicted molar refractivity (Wildman–Crippen MR) is 89.2 cm³/mol. The molecule has 1 aliphatic rings. The Labute approximate surface area is 140 Å². The third-order valence-electron chi connectivity index (χ3n) is 4.26. The summed E-state index contributed by atoms with van der Waals surface area (Å²) in [7, 11) is 0. The molecule has 6 heteroatoms. The molecule has 0 bridgehead atoms. The van der Waals surface area contributed by atoms with Crippen LogP contribution in [-0.4, -0.2) is 40.8 Å². The zero-order valence-electron chi connectivity index (χ0n) is 13.5.